The Morgan fingerprint density at radius 1 is 1.25 bits per heavy atom. The minimum atomic E-state index is -3.13. The Morgan fingerprint density at radius 2 is 1.94 bits per heavy atom. The van der Waals surface area contributed by atoms with E-state index in [2.05, 4.69) is 15.3 Å². The van der Waals surface area contributed by atoms with Crippen LogP contribution >= 0.6 is 0 Å². The molecule has 2 N–H and O–H groups in total. The van der Waals surface area contributed by atoms with Crippen molar-refractivity contribution in [1.82, 2.24) is 9.97 Å². The Morgan fingerprint density at radius 3 is 2.44 bits per heavy atom. The summed E-state index contributed by atoms with van der Waals surface area (Å²) in [5.74, 6) is 0.618. The van der Waals surface area contributed by atoms with Crippen LogP contribution < -0.4 is 5.32 Å². The molecule has 1 aromatic heterocycles. The van der Waals surface area contributed by atoms with Crippen molar-refractivity contribution in [2.75, 3.05) is 11.6 Å². The van der Waals surface area contributed by atoms with Crippen molar-refractivity contribution in [2.24, 2.45) is 0 Å². The van der Waals surface area contributed by atoms with Gasteiger partial charge in [0.15, 0.2) is 9.84 Å². The molecule has 0 atom stereocenters. The fourth-order valence-electron chi connectivity index (χ4n) is 1.26. The first kappa shape index (κ1) is 10.7. The number of sulfone groups is 1. The lowest BCUT2D eigenvalue weighted by molar-refractivity contribution is 0.602. The van der Waals surface area contributed by atoms with Gasteiger partial charge in [-0.25, -0.2) is 13.4 Å². The summed E-state index contributed by atoms with van der Waals surface area (Å²) in [6, 6.07) is 6.50. The summed E-state index contributed by atoms with van der Waals surface area (Å²) in [6.07, 6.45) is 4.52. The van der Waals surface area contributed by atoms with E-state index < -0.39 is 9.84 Å². The van der Waals surface area contributed by atoms with Crippen LogP contribution in [0.5, 0.6) is 0 Å². The molecule has 2 rings (SSSR count). The lowest BCUT2D eigenvalue weighted by Crippen LogP contribution is -1.97. The Kier molecular flexibility index (Phi) is 2.66. The van der Waals surface area contributed by atoms with Crippen LogP contribution in [-0.4, -0.2) is 24.6 Å². The maximum absolute atomic E-state index is 11.2. The van der Waals surface area contributed by atoms with Crippen molar-refractivity contribution >= 4 is 21.5 Å². The van der Waals surface area contributed by atoms with Crippen LogP contribution in [0, 0.1) is 0 Å². The molecule has 0 saturated heterocycles. The molecule has 5 nitrogen and oxygen atoms in total. The summed E-state index contributed by atoms with van der Waals surface area (Å²) < 4.78 is 22.4. The fourth-order valence-corrected chi connectivity index (χ4v) is 1.89. The highest BCUT2D eigenvalue weighted by molar-refractivity contribution is 7.90. The van der Waals surface area contributed by atoms with Crippen molar-refractivity contribution in [3.8, 4) is 0 Å². The molecule has 0 aliphatic rings. The lowest BCUT2D eigenvalue weighted by atomic mass is 10.3. The van der Waals surface area contributed by atoms with Crippen LogP contribution in [0.1, 0.15) is 0 Å². The molecule has 0 bridgehead atoms. The summed E-state index contributed by atoms with van der Waals surface area (Å²) in [5, 5.41) is 3.00. The van der Waals surface area contributed by atoms with Crippen LogP contribution in [0.4, 0.5) is 11.6 Å². The molecule has 1 heterocycles. The molecule has 1 aromatic carbocycles. The summed E-state index contributed by atoms with van der Waals surface area (Å²) >= 11 is 0. The summed E-state index contributed by atoms with van der Waals surface area (Å²) in [6.45, 7) is 0. The Bertz CT molecular complexity index is 559. The number of H-pyrrole nitrogens is 1. The van der Waals surface area contributed by atoms with Crippen LogP contribution in [0.3, 0.4) is 0 Å². The average molecular weight is 237 g/mol. The number of aromatic amines is 1. The SMILES string of the molecule is CS(=O)(=O)c1ccc(Nc2ncc[nH]2)cc1. The summed E-state index contributed by atoms with van der Waals surface area (Å²) in [4.78, 5) is 7.19. The second-order valence-corrected chi connectivity index (χ2v) is 5.38. The minimum absolute atomic E-state index is 0.303. The second kappa shape index (κ2) is 3.97. The molecule has 2 aromatic rings. The molecule has 0 unspecified atom stereocenters. The quantitative estimate of drug-likeness (QED) is 0.849. The molecule has 0 radical (unpaired) electrons. The zero-order valence-corrected chi connectivity index (χ0v) is 9.45. The van der Waals surface area contributed by atoms with Gasteiger partial charge in [0.1, 0.15) is 0 Å². The molecule has 0 amide bonds. The second-order valence-electron chi connectivity index (χ2n) is 3.36. The van der Waals surface area contributed by atoms with Crippen LogP contribution in [-0.2, 0) is 9.84 Å². The van der Waals surface area contributed by atoms with E-state index >= 15 is 0 Å². The van der Waals surface area contributed by atoms with E-state index in [1.807, 2.05) is 0 Å². The third kappa shape index (κ3) is 2.40. The highest BCUT2D eigenvalue weighted by Crippen LogP contribution is 2.16. The number of nitrogens with zero attached hydrogens (tertiary/aromatic N) is 1. The van der Waals surface area contributed by atoms with Gasteiger partial charge >= 0.3 is 0 Å². The number of rotatable bonds is 3. The largest absolute Gasteiger partial charge is 0.331 e. The van der Waals surface area contributed by atoms with Crippen LogP contribution in [0.2, 0.25) is 0 Å². The van der Waals surface area contributed by atoms with E-state index in [0.717, 1.165) is 5.69 Å². The third-order valence-electron chi connectivity index (χ3n) is 2.04. The topological polar surface area (TPSA) is 74.8 Å². The summed E-state index contributed by atoms with van der Waals surface area (Å²) in [5.41, 5.74) is 0.780. The number of imidazole rings is 1. The van der Waals surface area contributed by atoms with Gasteiger partial charge in [0.05, 0.1) is 4.90 Å². The molecule has 6 heteroatoms. The smallest absolute Gasteiger partial charge is 0.204 e. The Balaban J connectivity index is 2.20. The molecule has 0 spiro atoms. The van der Waals surface area contributed by atoms with E-state index in [4.69, 9.17) is 0 Å². The normalized spacial score (nSPS) is 11.3. The van der Waals surface area contributed by atoms with Crippen molar-refractivity contribution in [2.45, 2.75) is 4.90 Å². The van der Waals surface area contributed by atoms with Crippen LogP contribution in [0.25, 0.3) is 0 Å². The van der Waals surface area contributed by atoms with Gasteiger partial charge in [0.25, 0.3) is 0 Å². The maximum atomic E-state index is 11.2. The number of nitrogens with one attached hydrogen (secondary N) is 2. The van der Waals surface area contributed by atoms with E-state index in [1.165, 1.54) is 6.26 Å². The minimum Gasteiger partial charge on any atom is -0.331 e. The van der Waals surface area contributed by atoms with E-state index in [9.17, 15) is 8.42 Å². The Hall–Kier alpha value is -1.82. The number of hydrogen-bond acceptors (Lipinski definition) is 4. The Labute approximate surface area is 93.5 Å². The monoisotopic (exact) mass is 237 g/mol. The van der Waals surface area contributed by atoms with Gasteiger partial charge < -0.3 is 10.3 Å². The van der Waals surface area contributed by atoms with Gasteiger partial charge in [-0.3, -0.25) is 0 Å². The molecule has 84 valence electrons. The highest BCUT2D eigenvalue weighted by Gasteiger charge is 2.06. The standard InChI is InChI=1S/C10H11N3O2S/c1-16(14,15)9-4-2-8(3-5-9)13-10-11-6-7-12-10/h2-7H,1H3,(H2,11,12,13). The van der Waals surface area contributed by atoms with Gasteiger partial charge in [-0.2, -0.15) is 0 Å². The van der Waals surface area contributed by atoms with E-state index in [1.54, 1.807) is 36.7 Å². The first-order valence-electron chi connectivity index (χ1n) is 4.62. The predicted molar refractivity (Wildman–Crippen MR) is 61.4 cm³/mol. The fraction of sp³-hybridized carbons (Fsp3) is 0.100. The average Bonchev–Trinajstić information content (AvgIpc) is 2.70. The van der Waals surface area contributed by atoms with Crippen molar-refractivity contribution < 1.29 is 8.42 Å². The van der Waals surface area contributed by atoms with Gasteiger partial charge in [-0.1, -0.05) is 0 Å². The maximum Gasteiger partial charge on any atom is 0.204 e. The zero-order valence-electron chi connectivity index (χ0n) is 8.64. The summed E-state index contributed by atoms with van der Waals surface area (Å²) in [7, 11) is -3.13. The van der Waals surface area contributed by atoms with Gasteiger partial charge in [0, 0.05) is 24.3 Å². The number of aromatic nitrogens is 2. The van der Waals surface area contributed by atoms with Gasteiger partial charge in [-0.15, -0.1) is 0 Å². The first-order chi connectivity index (χ1) is 7.55. The van der Waals surface area contributed by atoms with E-state index in [-0.39, 0.29) is 0 Å². The van der Waals surface area contributed by atoms with Gasteiger partial charge in [0.2, 0.25) is 5.95 Å². The molecule has 0 fully saturated rings. The zero-order chi connectivity index (χ0) is 11.6. The molecular weight excluding hydrogens is 226 g/mol. The van der Waals surface area contributed by atoms with Crippen molar-refractivity contribution in [3.05, 3.63) is 36.7 Å². The molecule has 16 heavy (non-hydrogen) atoms. The number of benzene rings is 1. The molecule has 0 saturated carbocycles. The van der Waals surface area contributed by atoms with Crippen LogP contribution in [0.15, 0.2) is 41.6 Å². The lowest BCUT2D eigenvalue weighted by Gasteiger charge is -2.03. The first-order valence-corrected chi connectivity index (χ1v) is 6.51. The number of anilines is 2. The van der Waals surface area contributed by atoms with Crippen molar-refractivity contribution in [1.29, 1.82) is 0 Å². The third-order valence-corrected chi connectivity index (χ3v) is 3.17. The number of hydrogen-bond donors (Lipinski definition) is 2. The highest BCUT2D eigenvalue weighted by atomic mass is 32.2. The molecule has 0 aliphatic carbocycles. The molecular formula is C10H11N3O2S. The van der Waals surface area contributed by atoms with Gasteiger partial charge in [-0.05, 0) is 24.3 Å². The van der Waals surface area contributed by atoms with E-state index in [0.29, 0.717) is 10.8 Å². The molecule has 0 aliphatic heterocycles. The van der Waals surface area contributed by atoms with Crippen molar-refractivity contribution in [3.63, 3.8) is 0 Å². The predicted octanol–water partition coefficient (Wildman–Crippen LogP) is 1.56.